The maximum absolute atomic E-state index is 13.1. The minimum absolute atomic E-state index is 0.0802. The normalized spacial score (nSPS) is 10.8. The molecule has 1 heterocycles. The molecule has 0 spiro atoms. The van der Waals surface area contributed by atoms with Crippen molar-refractivity contribution in [3.05, 3.63) is 89.9 Å². The van der Waals surface area contributed by atoms with Crippen molar-refractivity contribution in [3.8, 4) is 0 Å². The first-order valence-corrected chi connectivity index (χ1v) is 10.0. The summed E-state index contributed by atoms with van der Waals surface area (Å²) in [6.45, 7) is 8.14. The number of nitrogens with zero attached hydrogens (tertiary/aromatic N) is 4. The Balaban J connectivity index is 1.81. The van der Waals surface area contributed by atoms with Crippen molar-refractivity contribution in [2.75, 3.05) is 11.4 Å². The molecular weight excluding hydrogens is 360 g/mol. The van der Waals surface area contributed by atoms with E-state index in [0.717, 1.165) is 17.9 Å². The van der Waals surface area contributed by atoms with E-state index >= 15 is 0 Å². The van der Waals surface area contributed by atoms with Gasteiger partial charge in [-0.05, 0) is 31.9 Å². The van der Waals surface area contributed by atoms with Crippen LogP contribution in [-0.2, 0) is 13.1 Å². The lowest BCUT2D eigenvalue weighted by Crippen LogP contribution is -2.33. The lowest BCUT2D eigenvalue weighted by atomic mass is 10.2. The molecule has 0 fully saturated rings. The van der Waals surface area contributed by atoms with Gasteiger partial charge in [0.25, 0.3) is 5.91 Å². The second-order valence-electron chi connectivity index (χ2n) is 7.27. The van der Waals surface area contributed by atoms with Crippen LogP contribution in [0.3, 0.4) is 0 Å². The van der Waals surface area contributed by atoms with Gasteiger partial charge in [0.05, 0.1) is 0 Å². The van der Waals surface area contributed by atoms with Crippen LogP contribution in [0.5, 0.6) is 0 Å². The topological polar surface area (TPSA) is 49.3 Å². The van der Waals surface area contributed by atoms with E-state index in [9.17, 15) is 4.79 Å². The van der Waals surface area contributed by atoms with Crippen LogP contribution < -0.4 is 4.90 Å². The van der Waals surface area contributed by atoms with Gasteiger partial charge in [-0.1, -0.05) is 60.7 Å². The Bertz CT molecular complexity index is 912. The van der Waals surface area contributed by atoms with E-state index in [4.69, 9.17) is 0 Å². The third-order valence-corrected chi connectivity index (χ3v) is 4.87. The Morgan fingerprint density at radius 2 is 1.48 bits per heavy atom. The third-order valence-electron chi connectivity index (χ3n) is 4.87. The van der Waals surface area contributed by atoms with Crippen LogP contribution in [0.25, 0.3) is 0 Å². The summed E-state index contributed by atoms with van der Waals surface area (Å²) >= 11 is 0. The zero-order chi connectivity index (χ0) is 20.6. The van der Waals surface area contributed by atoms with Crippen molar-refractivity contribution in [2.45, 2.75) is 39.9 Å². The molecule has 0 aliphatic rings. The van der Waals surface area contributed by atoms with Gasteiger partial charge < -0.3 is 9.80 Å². The van der Waals surface area contributed by atoms with E-state index in [0.29, 0.717) is 18.8 Å². The molecule has 0 aliphatic carbocycles. The molecule has 0 aliphatic heterocycles. The van der Waals surface area contributed by atoms with E-state index in [1.165, 1.54) is 11.9 Å². The van der Waals surface area contributed by atoms with Crippen LogP contribution in [0.1, 0.15) is 42.4 Å². The molecule has 0 unspecified atom stereocenters. The molecule has 0 N–H and O–H groups in total. The SMILES string of the molecule is CCN(Cc1ccccc1)C(=O)c1cc(N(Cc2ccccc2)C(C)C)ncn1. The van der Waals surface area contributed by atoms with Crippen molar-refractivity contribution < 1.29 is 4.79 Å². The van der Waals surface area contributed by atoms with Crippen LogP contribution in [0, 0.1) is 0 Å². The standard InChI is InChI=1S/C24H28N4O/c1-4-27(16-20-11-7-5-8-12-20)24(29)22-15-23(26-18-25-22)28(19(2)3)17-21-13-9-6-10-14-21/h5-15,18-19H,4,16-17H2,1-3H3. The number of carbonyl (C=O) groups is 1. The molecule has 1 amide bonds. The minimum Gasteiger partial charge on any atom is -0.350 e. The van der Waals surface area contributed by atoms with Gasteiger partial charge in [-0.25, -0.2) is 9.97 Å². The number of hydrogen-bond acceptors (Lipinski definition) is 4. The smallest absolute Gasteiger partial charge is 0.272 e. The molecule has 29 heavy (non-hydrogen) atoms. The van der Waals surface area contributed by atoms with Gasteiger partial charge in [-0.2, -0.15) is 0 Å². The van der Waals surface area contributed by atoms with Crippen molar-refractivity contribution in [1.29, 1.82) is 0 Å². The molecule has 2 aromatic carbocycles. The first-order chi connectivity index (χ1) is 14.1. The molecular formula is C24H28N4O. The van der Waals surface area contributed by atoms with Gasteiger partial charge >= 0.3 is 0 Å². The Kier molecular flexibility index (Phi) is 6.95. The fourth-order valence-corrected chi connectivity index (χ4v) is 3.22. The quantitative estimate of drug-likeness (QED) is 0.568. The zero-order valence-corrected chi connectivity index (χ0v) is 17.3. The van der Waals surface area contributed by atoms with E-state index in [1.807, 2.05) is 55.5 Å². The maximum atomic E-state index is 13.1. The van der Waals surface area contributed by atoms with E-state index in [-0.39, 0.29) is 11.9 Å². The average molecular weight is 389 g/mol. The van der Waals surface area contributed by atoms with Crippen molar-refractivity contribution >= 4 is 11.7 Å². The molecule has 0 atom stereocenters. The van der Waals surface area contributed by atoms with Gasteiger partial charge in [0.1, 0.15) is 17.8 Å². The summed E-state index contributed by atoms with van der Waals surface area (Å²) in [5, 5.41) is 0. The second kappa shape index (κ2) is 9.82. The summed E-state index contributed by atoms with van der Waals surface area (Å²) in [4.78, 5) is 25.8. The largest absolute Gasteiger partial charge is 0.350 e. The molecule has 0 saturated heterocycles. The fourth-order valence-electron chi connectivity index (χ4n) is 3.22. The lowest BCUT2D eigenvalue weighted by molar-refractivity contribution is 0.0746. The number of amides is 1. The highest BCUT2D eigenvalue weighted by Crippen LogP contribution is 2.19. The second-order valence-corrected chi connectivity index (χ2v) is 7.27. The van der Waals surface area contributed by atoms with Gasteiger partial charge in [0.2, 0.25) is 0 Å². The molecule has 0 saturated carbocycles. The Labute approximate surface area is 173 Å². The molecule has 3 rings (SSSR count). The number of rotatable bonds is 8. The van der Waals surface area contributed by atoms with Crippen LogP contribution in [-0.4, -0.2) is 33.4 Å². The lowest BCUT2D eigenvalue weighted by Gasteiger charge is -2.28. The van der Waals surface area contributed by atoms with Gasteiger partial charge in [-0.3, -0.25) is 4.79 Å². The Morgan fingerprint density at radius 3 is 2.03 bits per heavy atom. The number of anilines is 1. The monoisotopic (exact) mass is 388 g/mol. The van der Waals surface area contributed by atoms with Crippen LogP contribution in [0.2, 0.25) is 0 Å². The summed E-state index contributed by atoms with van der Waals surface area (Å²) in [5.74, 6) is 0.682. The summed E-state index contributed by atoms with van der Waals surface area (Å²) in [6, 6.07) is 22.3. The fraction of sp³-hybridized carbons (Fsp3) is 0.292. The molecule has 5 heteroatoms. The molecule has 5 nitrogen and oxygen atoms in total. The first kappa shape index (κ1) is 20.5. The summed E-state index contributed by atoms with van der Waals surface area (Å²) in [5.41, 5.74) is 2.73. The zero-order valence-electron chi connectivity index (χ0n) is 17.3. The molecule has 0 bridgehead atoms. The number of aromatic nitrogens is 2. The summed E-state index contributed by atoms with van der Waals surface area (Å²) < 4.78 is 0. The van der Waals surface area contributed by atoms with Crippen molar-refractivity contribution in [3.63, 3.8) is 0 Å². The van der Waals surface area contributed by atoms with E-state index in [1.54, 1.807) is 11.0 Å². The van der Waals surface area contributed by atoms with Crippen molar-refractivity contribution in [2.24, 2.45) is 0 Å². The van der Waals surface area contributed by atoms with Crippen LogP contribution in [0.4, 0.5) is 5.82 Å². The van der Waals surface area contributed by atoms with Crippen molar-refractivity contribution in [1.82, 2.24) is 14.9 Å². The Morgan fingerprint density at radius 1 is 0.897 bits per heavy atom. The highest BCUT2D eigenvalue weighted by atomic mass is 16.2. The predicted molar refractivity (Wildman–Crippen MR) is 117 cm³/mol. The summed E-state index contributed by atoms with van der Waals surface area (Å²) in [7, 11) is 0. The summed E-state index contributed by atoms with van der Waals surface area (Å²) in [6.07, 6.45) is 1.49. The van der Waals surface area contributed by atoms with E-state index < -0.39 is 0 Å². The number of hydrogen-bond donors (Lipinski definition) is 0. The predicted octanol–water partition coefficient (Wildman–Crippen LogP) is 4.55. The highest BCUT2D eigenvalue weighted by molar-refractivity contribution is 5.92. The highest BCUT2D eigenvalue weighted by Gasteiger charge is 2.19. The van der Waals surface area contributed by atoms with Gasteiger partial charge in [-0.15, -0.1) is 0 Å². The average Bonchev–Trinajstić information content (AvgIpc) is 2.76. The third kappa shape index (κ3) is 5.41. The molecule has 150 valence electrons. The van der Waals surface area contributed by atoms with Crippen LogP contribution >= 0.6 is 0 Å². The van der Waals surface area contributed by atoms with Gasteiger partial charge in [0, 0.05) is 31.7 Å². The maximum Gasteiger partial charge on any atom is 0.272 e. The Hall–Kier alpha value is -3.21. The molecule has 3 aromatic rings. The molecule has 1 aromatic heterocycles. The van der Waals surface area contributed by atoms with Gasteiger partial charge in [0.15, 0.2) is 0 Å². The number of benzene rings is 2. The first-order valence-electron chi connectivity index (χ1n) is 10.0. The number of carbonyl (C=O) groups excluding carboxylic acids is 1. The van der Waals surface area contributed by atoms with Crippen LogP contribution in [0.15, 0.2) is 73.1 Å². The molecule has 0 radical (unpaired) electrons. The minimum atomic E-state index is -0.0802. The van der Waals surface area contributed by atoms with E-state index in [2.05, 4.69) is 40.8 Å².